The van der Waals surface area contributed by atoms with Gasteiger partial charge in [-0.05, 0) is 73.7 Å². The van der Waals surface area contributed by atoms with Crippen LogP contribution in [0.1, 0.15) is 29.8 Å². The summed E-state index contributed by atoms with van der Waals surface area (Å²) in [5.74, 6) is 0.159. The topological polar surface area (TPSA) is 70.2 Å². The van der Waals surface area contributed by atoms with Crippen molar-refractivity contribution >= 4 is 29.0 Å². The van der Waals surface area contributed by atoms with Crippen LogP contribution in [0.3, 0.4) is 0 Å². The van der Waals surface area contributed by atoms with E-state index in [1.807, 2.05) is 12.1 Å². The quantitative estimate of drug-likeness (QED) is 0.577. The summed E-state index contributed by atoms with van der Waals surface area (Å²) in [7, 11) is 1.59. The maximum atomic E-state index is 13.5. The second kappa shape index (κ2) is 8.75. The number of amides is 2. The second-order valence-electron chi connectivity index (χ2n) is 7.18. The average Bonchev–Trinajstić information content (AvgIpc) is 3.17. The Kier molecular flexibility index (Phi) is 5.90. The summed E-state index contributed by atoms with van der Waals surface area (Å²) in [6.45, 7) is 0.304. The van der Waals surface area contributed by atoms with Crippen LogP contribution in [-0.4, -0.2) is 23.3 Å². The molecule has 2 amide bonds. The number of aromatic amines is 1. The van der Waals surface area contributed by atoms with E-state index in [2.05, 4.69) is 15.5 Å². The number of nitrogens with one attached hydrogen (secondary N) is 2. The minimum atomic E-state index is -0.537. The van der Waals surface area contributed by atoms with Crippen molar-refractivity contribution in [2.24, 2.45) is 0 Å². The first kappa shape index (κ1) is 20.2. The fourth-order valence-corrected chi connectivity index (χ4v) is 3.82. The van der Waals surface area contributed by atoms with Crippen molar-refractivity contribution in [1.82, 2.24) is 10.2 Å². The number of ether oxygens (including phenoxy) is 1. The van der Waals surface area contributed by atoms with E-state index in [9.17, 15) is 9.18 Å². The van der Waals surface area contributed by atoms with Crippen LogP contribution in [0.4, 0.5) is 20.6 Å². The molecule has 1 aromatic heterocycles. The summed E-state index contributed by atoms with van der Waals surface area (Å²) < 4.78 is 18.7. The molecule has 2 aromatic carbocycles. The largest absolute Gasteiger partial charge is 0.497 e. The molecular formula is C22H22ClFN4O2. The number of carbonyl (C=O) groups is 1. The molecular weight excluding hydrogens is 407 g/mol. The standard InChI is InChI=1S/C22H22ClFN4O2/c1-30-16-9-7-15(8-10-16)28(13-21-17-4-2-3-5-20(17)26-27-21)22(29)25-14-6-11-19(24)18(23)12-14/h6-12H,2-5,13H2,1H3,(H,25,29)(H,26,27). The Balaban J connectivity index is 1.63. The van der Waals surface area contributed by atoms with Crippen LogP contribution in [0, 0.1) is 5.82 Å². The SMILES string of the molecule is COc1ccc(N(Cc2n[nH]c3c2CCCC3)C(=O)Nc2ccc(F)c(Cl)c2)cc1. The minimum Gasteiger partial charge on any atom is -0.497 e. The molecule has 0 spiro atoms. The van der Waals surface area contributed by atoms with Gasteiger partial charge in [-0.3, -0.25) is 10.00 Å². The van der Waals surface area contributed by atoms with Gasteiger partial charge in [0, 0.05) is 17.1 Å². The van der Waals surface area contributed by atoms with Gasteiger partial charge in [0.1, 0.15) is 11.6 Å². The molecule has 0 atom stereocenters. The average molecular weight is 429 g/mol. The molecule has 1 aliphatic carbocycles. The number of hydrogen-bond acceptors (Lipinski definition) is 3. The minimum absolute atomic E-state index is 0.0508. The molecule has 2 N–H and O–H groups in total. The van der Waals surface area contributed by atoms with Crippen LogP contribution in [0.15, 0.2) is 42.5 Å². The molecule has 0 aliphatic heterocycles. The Labute approximate surface area is 179 Å². The molecule has 156 valence electrons. The Morgan fingerprint density at radius 2 is 2.00 bits per heavy atom. The third kappa shape index (κ3) is 4.26. The third-order valence-electron chi connectivity index (χ3n) is 5.25. The monoisotopic (exact) mass is 428 g/mol. The maximum Gasteiger partial charge on any atom is 0.326 e. The highest BCUT2D eigenvalue weighted by Gasteiger charge is 2.23. The molecule has 0 fully saturated rings. The lowest BCUT2D eigenvalue weighted by atomic mass is 9.96. The van der Waals surface area contributed by atoms with Crippen molar-refractivity contribution in [2.75, 3.05) is 17.3 Å². The molecule has 30 heavy (non-hydrogen) atoms. The van der Waals surface area contributed by atoms with Crippen LogP contribution in [0.25, 0.3) is 0 Å². The summed E-state index contributed by atoms with van der Waals surface area (Å²) in [6.07, 6.45) is 4.18. The predicted molar refractivity (Wildman–Crippen MR) is 115 cm³/mol. The first-order chi connectivity index (χ1) is 14.5. The number of benzene rings is 2. The molecule has 0 bridgehead atoms. The van der Waals surface area contributed by atoms with Crippen molar-refractivity contribution in [1.29, 1.82) is 0 Å². The smallest absolute Gasteiger partial charge is 0.326 e. The fourth-order valence-electron chi connectivity index (χ4n) is 3.64. The van der Waals surface area contributed by atoms with Crippen LogP contribution in [0.5, 0.6) is 5.75 Å². The molecule has 3 aromatic rings. The number of H-pyrrole nitrogens is 1. The van der Waals surface area contributed by atoms with E-state index >= 15 is 0 Å². The molecule has 1 aliphatic rings. The summed E-state index contributed by atoms with van der Waals surface area (Å²) in [6, 6.07) is 10.9. The van der Waals surface area contributed by atoms with Gasteiger partial charge in [-0.1, -0.05) is 11.6 Å². The Hall–Kier alpha value is -3.06. The summed E-state index contributed by atoms with van der Waals surface area (Å²) in [5, 5.41) is 10.3. The summed E-state index contributed by atoms with van der Waals surface area (Å²) in [5.41, 5.74) is 4.30. The molecule has 0 saturated heterocycles. The highest BCUT2D eigenvalue weighted by molar-refractivity contribution is 6.31. The van der Waals surface area contributed by atoms with Crippen molar-refractivity contribution in [3.8, 4) is 5.75 Å². The number of aromatic nitrogens is 2. The number of carbonyl (C=O) groups excluding carboxylic acids is 1. The van der Waals surface area contributed by atoms with E-state index in [0.29, 0.717) is 23.7 Å². The number of urea groups is 1. The molecule has 4 rings (SSSR count). The van der Waals surface area contributed by atoms with Crippen molar-refractivity contribution < 1.29 is 13.9 Å². The Morgan fingerprint density at radius 3 is 2.73 bits per heavy atom. The zero-order chi connectivity index (χ0) is 21.1. The predicted octanol–water partition coefficient (Wildman–Crippen LogP) is 5.33. The van der Waals surface area contributed by atoms with Gasteiger partial charge in [0.15, 0.2) is 0 Å². The molecule has 0 unspecified atom stereocenters. The first-order valence-corrected chi connectivity index (χ1v) is 10.2. The number of hydrogen-bond donors (Lipinski definition) is 2. The molecule has 6 nitrogen and oxygen atoms in total. The number of nitrogens with zero attached hydrogens (tertiary/aromatic N) is 2. The van der Waals surface area contributed by atoms with E-state index < -0.39 is 5.82 Å². The molecule has 1 heterocycles. The number of methoxy groups -OCH3 is 1. The van der Waals surface area contributed by atoms with Gasteiger partial charge in [0.05, 0.1) is 24.4 Å². The Bertz CT molecular complexity index is 1050. The van der Waals surface area contributed by atoms with Gasteiger partial charge in [-0.2, -0.15) is 5.10 Å². The van der Waals surface area contributed by atoms with Gasteiger partial charge in [0.2, 0.25) is 0 Å². The highest BCUT2D eigenvalue weighted by atomic mass is 35.5. The highest BCUT2D eigenvalue weighted by Crippen LogP contribution is 2.27. The maximum absolute atomic E-state index is 13.5. The number of rotatable bonds is 5. The van der Waals surface area contributed by atoms with Crippen LogP contribution in [0.2, 0.25) is 5.02 Å². The Morgan fingerprint density at radius 1 is 1.23 bits per heavy atom. The van der Waals surface area contributed by atoms with Gasteiger partial charge in [-0.15, -0.1) is 0 Å². The lowest BCUT2D eigenvalue weighted by Crippen LogP contribution is -2.35. The van der Waals surface area contributed by atoms with Crippen molar-refractivity contribution in [3.05, 3.63) is 70.3 Å². The summed E-state index contributed by atoms with van der Waals surface area (Å²) >= 11 is 5.85. The number of fused-ring (bicyclic) bond motifs is 1. The molecule has 8 heteroatoms. The van der Waals surface area contributed by atoms with E-state index in [-0.39, 0.29) is 11.1 Å². The number of halogens is 2. The van der Waals surface area contributed by atoms with Gasteiger partial charge >= 0.3 is 6.03 Å². The van der Waals surface area contributed by atoms with Gasteiger partial charge < -0.3 is 10.1 Å². The van der Waals surface area contributed by atoms with E-state index in [0.717, 1.165) is 37.1 Å². The number of aryl methyl sites for hydroxylation is 1. The molecule has 0 radical (unpaired) electrons. The van der Waals surface area contributed by atoms with Gasteiger partial charge in [0.25, 0.3) is 0 Å². The zero-order valence-electron chi connectivity index (χ0n) is 16.5. The summed E-state index contributed by atoms with van der Waals surface area (Å²) in [4.78, 5) is 14.8. The van der Waals surface area contributed by atoms with E-state index in [4.69, 9.17) is 16.3 Å². The van der Waals surface area contributed by atoms with E-state index in [1.165, 1.54) is 23.8 Å². The third-order valence-corrected chi connectivity index (χ3v) is 5.54. The lowest BCUT2D eigenvalue weighted by molar-refractivity contribution is 0.256. The van der Waals surface area contributed by atoms with Crippen molar-refractivity contribution in [2.45, 2.75) is 32.2 Å². The van der Waals surface area contributed by atoms with Crippen LogP contribution >= 0.6 is 11.6 Å². The molecule has 0 saturated carbocycles. The van der Waals surface area contributed by atoms with Crippen LogP contribution in [-0.2, 0) is 19.4 Å². The first-order valence-electron chi connectivity index (χ1n) is 9.78. The zero-order valence-corrected chi connectivity index (χ0v) is 17.3. The van der Waals surface area contributed by atoms with E-state index in [1.54, 1.807) is 24.1 Å². The normalized spacial score (nSPS) is 12.9. The van der Waals surface area contributed by atoms with Gasteiger partial charge in [-0.25, -0.2) is 9.18 Å². The second-order valence-corrected chi connectivity index (χ2v) is 7.58. The van der Waals surface area contributed by atoms with Crippen LogP contribution < -0.4 is 15.0 Å². The lowest BCUT2D eigenvalue weighted by Gasteiger charge is -2.24. The van der Waals surface area contributed by atoms with Crippen molar-refractivity contribution in [3.63, 3.8) is 0 Å². The number of anilines is 2. The fraction of sp³-hybridized carbons (Fsp3) is 0.273.